The number of unbranched alkanes of at least 4 members (excludes halogenated alkanes) is 1. The van der Waals surface area contributed by atoms with E-state index in [1.165, 1.54) is 17.9 Å². The van der Waals surface area contributed by atoms with Crippen LogP contribution in [0, 0.1) is 0 Å². The number of hydroxylamine groups is 2. The third-order valence-electron chi connectivity index (χ3n) is 1.59. The maximum atomic E-state index is 8.70. The minimum Gasteiger partial charge on any atom is -0.314 e. The molecule has 1 fully saturated rings. The van der Waals surface area contributed by atoms with Crippen LogP contribution in [0.15, 0.2) is 0 Å². The molecule has 0 aromatic carbocycles. The van der Waals surface area contributed by atoms with Crippen LogP contribution >= 0.6 is 0 Å². The van der Waals surface area contributed by atoms with Crippen molar-refractivity contribution in [3.05, 3.63) is 0 Å². The van der Waals surface area contributed by atoms with E-state index in [0.29, 0.717) is 0 Å². The Morgan fingerprint density at radius 3 is 1.82 bits per heavy atom. The van der Waals surface area contributed by atoms with Crippen LogP contribution in [-0.2, 0) is 0 Å². The van der Waals surface area contributed by atoms with Crippen molar-refractivity contribution in [2.45, 2.75) is 26.7 Å². The zero-order valence-corrected chi connectivity index (χ0v) is 7.64. The summed E-state index contributed by atoms with van der Waals surface area (Å²) in [6.45, 7) is 7.72. The van der Waals surface area contributed by atoms with Gasteiger partial charge >= 0.3 is 0 Å². The standard InChI is InChI=1S/C4H10N2O.C4H10/c7-6-3-1-5-2-4-6;1-3-4-2/h5,7H,1-4H2;3-4H2,1-2H3. The Labute approximate surface area is 69.4 Å². The Hall–Kier alpha value is -0.120. The zero-order chi connectivity index (χ0) is 8.53. The lowest BCUT2D eigenvalue weighted by Crippen LogP contribution is -2.41. The Morgan fingerprint density at radius 2 is 1.64 bits per heavy atom. The highest BCUT2D eigenvalue weighted by Crippen LogP contribution is 1.82. The minimum absolute atomic E-state index is 0.764. The molecule has 0 amide bonds. The fraction of sp³-hybridized carbons (Fsp3) is 1.00. The SMILES string of the molecule is CCCC.ON1CCNCC1. The van der Waals surface area contributed by atoms with Gasteiger partial charge in [0.05, 0.1) is 0 Å². The van der Waals surface area contributed by atoms with Crippen LogP contribution in [0.25, 0.3) is 0 Å². The van der Waals surface area contributed by atoms with Gasteiger partial charge in [0.25, 0.3) is 0 Å². The van der Waals surface area contributed by atoms with Crippen molar-refractivity contribution in [2.75, 3.05) is 26.2 Å². The molecule has 0 atom stereocenters. The first-order chi connectivity index (χ1) is 5.31. The summed E-state index contributed by atoms with van der Waals surface area (Å²) in [5.74, 6) is 0. The smallest absolute Gasteiger partial charge is 0.0363 e. The summed E-state index contributed by atoms with van der Waals surface area (Å²) in [6, 6.07) is 0. The second-order valence-electron chi connectivity index (χ2n) is 2.70. The molecule has 1 aliphatic heterocycles. The average Bonchev–Trinajstić information content (AvgIpc) is 2.07. The zero-order valence-electron chi connectivity index (χ0n) is 7.64. The van der Waals surface area contributed by atoms with Gasteiger partial charge in [-0.15, -0.1) is 0 Å². The maximum absolute atomic E-state index is 8.70. The van der Waals surface area contributed by atoms with Crippen LogP contribution in [-0.4, -0.2) is 36.4 Å². The molecule has 0 aromatic heterocycles. The number of rotatable bonds is 1. The molecule has 11 heavy (non-hydrogen) atoms. The van der Waals surface area contributed by atoms with Gasteiger partial charge in [-0.2, -0.15) is 5.06 Å². The van der Waals surface area contributed by atoms with Crippen LogP contribution < -0.4 is 5.32 Å². The fourth-order valence-corrected chi connectivity index (χ4v) is 0.653. The number of piperazine rings is 1. The lowest BCUT2D eigenvalue weighted by Gasteiger charge is -2.19. The Balaban J connectivity index is 0.000000218. The molecular weight excluding hydrogens is 140 g/mol. The number of hydrogen-bond acceptors (Lipinski definition) is 3. The maximum Gasteiger partial charge on any atom is 0.0363 e. The number of nitrogens with one attached hydrogen (secondary N) is 1. The second-order valence-corrected chi connectivity index (χ2v) is 2.70. The Morgan fingerprint density at radius 1 is 1.18 bits per heavy atom. The van der Waals surface area contributed by atoms with Gasteiger partial charge in [-0.05, 0) is 0 Å². The molecule has 0 saturated carbocycles. The van der Waals surface area contributed by atoms with Crippen LogP contribution in [0.4, 0.5) is 0 Å². The third kappa shape index (κ3) is 7.78. The molecule has 0 radical (unpaired) electrons. The highest BCUT2D eigenvalue weighted by Gasteiger charge is 2.03. The Kier molecular flexibility index (Phi) is 7.89. The van der Waals surface area contributed by atoms with Crippen molar-refractivity contribution in [3.63, 3.8) is 0 Å². The van der Waals surface area contributed by atoms with Crippen molar-refractivity contribution >= 4 is 0 Å². The first kappa shape index (κ1) is 10.9. The highest BCUT2D eigenvalue weighted by atomic mass is 16.5. The molecule has 0 spiro atoms. The number of hydrogen-bond donors (Lipinski definition) is 2. The van der Waals surface area contributed by atoms with Gasteiger partial charge in [0.1, 0.15) is 0 Å². The molecule has 68 valence electrons. The molecule has 0 bridgehead atoms. The molecular formula is C8H20N2O. The van der Waals surface area contributed by atoms with Crippen LogP contribution in [0.2, 0.25) is 0 Å². The quantitative estimate of drug-likeness (QED) is 0.602. The summed E-state index contributed by atoms with van der Waals surface area (Å²) in [5, 5.41) is 13.1. The van der Waals surface area contributed by atoms with Crippen LogP contribution in [0.1, 0.15) is 26.7 Å². The summed E-state index contributed by atoms with van der Waals surface area (Å²) < 4.78 is 0. The van der Waals surface area contributed by atoms with Crippen LogP contribution in [0.3, 0.4) is 0 Å². The first-order valence-corrected chi connectivity index (χ1v) is 4.45. The summed E-state index contributed by atoms with van der Waals surface area (Å²) in [5.41, 5.74) is 0. The molecule has 1 rings (SSSR count). The van der Waals surface area contributed by atoms with E-state index < -0.39 is 0 Å². The predicted octanol–water partition coefficient (Wildman–Crippen LogP) is 1.09. The van der Waals surface area contributed by atoms with E-state index in [2.05, 4.69) is 19.2 Å². The van der Waals surface area contributed by atoms with Gasteiger partial charge in [-0.1, -0.05) is 26.7 Å². The summed E-state index contributed by atoms with van der Waals surface area (Å²) in [6.07, 6.45) is 2.64. The topological polar surface area (TPSA) is 35.5 Å². The highest BCUT2D eigenvalue weighted by molar-refractivity contribution is 4.58. The lowest BCUT2D eigenvalue weighted by atomic mass is 10.4. The largest absolute Gasteiger partial charge is 0.314 e. The van der Waals surface area contributed by atoms with Crippen molar-refractivity contribution < 1.29 is 5.21 Å². The third-order valence-corrected chi connectivity index (χ3v) is 1.59. The predicted molar refractivity (Wildman–Crippen MR) is 46.8 cm³/mol. The van der Waals surface area contributed by atoms with E-state index in [4.69, 9.17) is 5.21 Å². The summed E-state index contributed by atoms with van der Waals surface area (Å²) in [7, 11) is 0. The molecule has 1 saturated heterocycles. The molecule has 2 N–H and O–H groups in total. The summed E-state index contributed by atoms with van der Waals surface area (Å²) >= 11 is 0. The molecule has 0 unspecified atom stereocenters. The minimum atomic E-state index is 0.764. The van der Waals surface area contributed by atoms with Crippen molar-refractivity contribution in [1.82, 2.24) is 10.4 Å². The molecule has 3 heteroatoms. The first-order valence-electron chi connectivity index (χ1n) is 4.45. The molecule has 1 heterocycles. The molecule has 0 aromatic rings. The van der Waals surface area contributed by atoms with E-state index in [0.717, 1.165) is 26.2 Å². The van der Waals surface area contributed by atoms with Crippen molar-refractivity contribution in [1.29, 1.82) is 0 Å². The number of nitrogens with zero attached hydrogens (tertiary/aromatic N) is 1. The van der Waals surface area contributed by atoms with Crippen molar-refractivity contribution in [3.8, 4) is 0 Å². The van der Waals surface area contributed by atoms with Crippen LogP contribution in [0.5, 0.6) is 0 Å². The molecule has 0 aliphatic carbocycles. The van der Waals surface area contributed by atoms with Gasteiger partial charge in [0, 0.05) is 26.2 Å². The molecule has 1 aliphatic rings. The molecule has 3 nitrogen and oxygen atoms in total. The van der Waals surface area contributed by atoms with Crippen molar-refractivity contribution in [2.24, 2.45) is 0 Å². The van der Waals surface area contributed by atoms with Gasteiger partial charge in [-0.3, -0.25) is 0 Å². The van der Waals surface area contributed by atoms with E-state index in [9.17, 15) is 0 Å². The van der Waals surface area contributed by atoms with Gasteiger partial charge < -0.3 is 10.5 Å². The van der Waals surface area contributed by atoms with Gasteiger partial charge in [0.15, 0.2) is 0 Å². The lowest BCUT2D eigenvalue weighted by molar-refractivity contribution is -0.0976. The normalized spacial score (nSPS) is 18.8. The monoisotopic (exact) mass is 160 g/mol. The average molecular weight is 160 g/mol. The fourth-order valence-electron chi connectivity index (χ4n) is 0.653. The second kappa shape index (κ2) is 7.98. The van der Waals surface area contributed by atoms with Gasteiger partial charge in [0.2, 0.25) is 0 Å². The van der Waals surface area contributed by atoms with Gasteiger partial charge in [-0.25, -0.2) is 0 Å². The van der Waals surface area contributed by atoms with E-state index in [-0.39, 0.29) is 0 Å². The Bertz CT molecular complexity index is 70.5. The van der Waals surface area contributed by atoms with E-state index >= 15 is 0 Å². The summed E-state index contributed by atoms with van der Waals surface area (Å²) in [4.78, 5) is 0. The van der Waals surface area contributed by atoms with E-state index in [1.54, 1.807) is 0 Å². The van der Waals surface area contributed by atoms with E-state index in [1.807, 2.05) is 0 Å².